The van der Waals surface area contributed by atoms with Gasteiger partial charge >= 0.3 is 4.87 Å². The van der Waals surface area contributed by atoms with Crippen LogP contribution in [0, 0.1) is 10.8 Å². The first kappa shape index (κ1) is 16.4. The Bertz CT molecular complexity index is 963. The van der Waals surface area contributed by atoms with Gasteiger partial charge in [-0.3, -0.25) is 19.1 Å². The largest absolute Gasteiger partial charge is 0.341 e. The second-order valence-corrected chi connectivity index (χ2v) is 7.81. The highest BCUT2D eigenvalue weighted by Gasteiger charge is 2.43. The van der Waals surface area contributed by atoms with E-state index in [0.717, 1.165) is 24.2 Å². The molecule has 3 atom stereocenters. The summed E-state index contributed by atoms with van der Waals surface area (Å²) in [7, 11) is 0. The highest BCUT2D eigenvalue weighted by molar-refractivity contribution is 8.00. The first-order valence-corrected chi connectivity index (χ1v) is 9.34. The van der Waals surface area contributed by atoms with Crippen molar-refractivity contribution in [1.82, 2.24) is 14.5 Å². The predicted octanol–water partition coefficient (Wildman–Crippen LogP) is 1.24. The lowest BCUT2D eigenvalue weighted by Gasteiger charge is -2.17. The van der Waals surface area contributed by atoms with E-state index < -0.39 is 23.3 Å². The van der Waals surface area contributed by atoms with Gasteiger partial charge in [0.05, 0.1) is 0 Å². The Kier molecular flexibility index (Phi) is 4.13. The molecule has 0 aromatic carbocycles. The minimum Gasteiger partial charge on any atom is -0.341 e. The monoisotopic (exact) mass is 383 g/mol. The number of aromatic nitrogens is 3. The molecule has 0 spiro atoms. The van der Waals surface area contributed by atoms with Crippen molar-refractivity contribution in [2.45, 2.75) is 30.5 Å². The molecule has 3 N–H and O–H groups in total. The van der Waals surface area contributed by atoms with Crippen LogP contribution in [0.3, 0.4) is 0 Å². The van der Waals surface area contributed by atoms with Gasteiger partial charge in [-0.05, 0) is 18.8 Å². The topological polar surface area (TPSA) is 157 Å². The maximum absolute atomic E-state index is 12.4. The van der Waals surface area contributed by atoms with Crippen LogP contribution in [0.25, 0.3) is 10.3 Å². The molecule has 1 saturated heterocycles. The van der Waals surface area contributed by atoms with E-state index in [9.17, 15) is 14.5 Å². The van der Waals surface area contributed by atoms with Gasteiger partial charge in [0, 0.05) is 5.75 Å². The van der Waals surface area contributed by atoms with Gasteiger partial charge in [-0.2, -0.15) is 9.89 Å². The number of fused-ring (bicyclic) bond motifs is 1. The molecule has 132 valence electrons. The molecule has 2 unspecified atom stereocenters. The summed E-state index contributed by atoms with van der Waals surface area (Å²) in [6.45, 7) is 0. The summed E-state index contributed by atoms with van der Waals surface area (Å²) in [6, 6.07) is -0.423. The summed E-state index contributed by atoms with van der Waals surface area (Å²) in [6.07, 6.45) is 1.30. The molecule has 13 heteroatoms. The van der Waals surface area contributed by atoms with Crippen LogP contribution in [0.1, 0.15) is 19.1 Å². The maximum Gasteiger partial charge on any atom is 0.311 e. The third-order valence-electron chi connectivity index (χ3n) is 4.10. The van der Waals surface area contributed by atoms with Crippen LogP contribution in [0.5, 0.6) is 0 Å². The van der Waals surface area contributed by atoms with Crippen molar-refractivity contribution in [3.8, 4) is 0 Å². The molecule has 2 aromatic rings. The fourth-order valence-corrected chi connectivity index (χ4v) is 4.91. The van der Waals surface area contributed by atoms with Crippen molar-refractivity contribution in [2.75, 3.05) is 5.75 Å². The molecule has 1 aliphatic heterocycles. The molecule has 2 aliphatic rings. The van der Waals surface area contributed by atoms with Crippen LogP contribution in [0.4, 0.5) is 5.95 Å². The van der Waals surface area contributed by atoms with Crippen LogP contribution in [0.15, 0.2) is 25.1 Å². The fourth-order valence-electron chi connectivity index (χ4n) is 2.79. The predicted molar refractivity (Wildman–Crippen MR) is 91.9 cm³/mol. The smallest absolute Gasteiger partial charge is 0.311 e. The normalized spacial score (nSPS) is 25.0. The molecule has 2 aromatic heterocycles. The zero-order valence-corrected chi connectivity index (χ0v) is 14.3. The van der Waals surface area contributed by atoms with Crippen LogP contribution < -0.4 is 16.3 Å². The van der Waals surface area contributed by atoms with Crippen molar-refractivity contribution >= 4 is 39.4 Å². The molecule has 25 heavy (non-hydrogen) atoms. The Morgan fingerprint density at radius 3 is 2.88 bits per heavy atom. The zero-order chi connectivity index (χ0) is 17.6. The van der Waals surface area contributed by atoms with Gasteiger partial charge in [0.15, 0.2) is 5.65 Å². The van der Waals surface area contributed by atoms with E-state index in [0.29, 0.717) is 5.75 Å². The molecular weight excluding hydrogens is 370 g/mol. The van der Waals surface area contributed by atoms with Crippen LogP contribution in [-0.2, 0) is 4.74 Å². The number of thiazole rings is 1. The second-order valence-electron chi connectivity index (χ2n) is 5.72. The minimum absolute atomic E-state index is 0.0980. The number of aromatic amines is 1. The van der Waals surface area contributed by atoms with Crippen molar-refractivity contribution in [1.29, 1.82) is 0 Å². The number of nitrogens with two attached hydrogens (primary N) is 1. The summed E-state index contributed by atoms with van der Waals surface area (Å²) in [5.74, 6) is 5.59. The average molecular weight is 383 g/mol. The number of hydrogen-bond donors (Lipinski definition) is 2. The third kappa shape index (κ3) is 2.87. The summed E-state index contributed by atoms with van der Waals surface area (Å²) >= 11 is 2.22. The quantitative estimate of drug-likeness (QED) is 0.340. The summed E-state index contributed by atoms with van der Waals surface area (Å²) in [4.78, 5) is 41.7. The Morgan fingerprint density at radius 2 is 2.20 bits per heavy atom. The van der Waals surface area contributed by atoms with Gasteiger partial charge in [0.2, 0.25) is 0 Å². The number of thioether (sulfide) groups is 1. The first-order chi connectivity index (χ1) is 12.1. The van der Waals surface area contributed by atoms with Crippen LogP contribution >= 0.6 is 23.1 Å². The molecule has 0 radical (unpaired) electrons. The van der Waals surface area contributed by atoms with Gasteiger partial charge in [0.1, 0.15) is 22.4 Å². The highest BCUT2D eigenvalue weighted by Crippen LogP contribution is 2.44. The first-order valence-electron chi connectivity index (χ1n) is 7.48. The summed E-state index contributed by atoms with van der Waals surface area (Å²) in [5, 5.41) is 9.78. The number of hydrogen-bond acceptors (Lipinski definition) is 10. The Balaban J connectivity index is 1.71. The molecule has 4 rings (SSSR count). The second kappa shape index (κ2) is 6.31. The van der Waals surface area contributed by atoms with Crippen LogP contribution in [-0.4, -0.2) is 31.8 Å². The molecular formula is C12H13N7O4S2. The highest BCUT2D eigenvalue weighted by atomic mass is 32.2. The van der Waals surface area contributed by atoms with Crippen molar-refractivity contribution < 1.29 is 4.74 Å². The molecule has 2 fully saturated rings. The van der Waals surface area contributed by atoms with Crippen molar-refractivity contribution in [3.05, 3.63) is 24.9 Å². The van der Waals surface area contributed by atoms with E-state index in [1.54, 1.807) is 0 Å². The Morgan fingerprint density at radius 1 is 1.40 bits per heavy atom. The fraction of sp³-hybridized carbons (Fsp3) is 0.583. The molecule has 11 nitrogen and oxygen atoms in total. The summed E-state index contributed by atoms with van der Waals surface area (Å²) in [5.41, 5.74) is -0.739. The number of ether oxygens (including phenoxy) is 1. The zero-order valence-electron chi connectivity index (χ0n) is 12.7. The van der Waals surface area contributed by atoms with Gasteiger partial charge in [-0.25, -0.2) is 0 Å². The lowest BCUT2D eigenvalue weighted by atomic mass is 10.2. The minimum atomic E-state index is -0.629. The SMILES string of the molecule is NN=Nc1nc2c(sc(=O)n2C2CS[C@@H](C(N=O)C3CC3)O2)c(=O)[nH]1. The van der Waals surface area contributed by atoms with Crippen molar-refractivity contribution in [2.24, 2.45) is 27.3 Å². The van der Waals surface area contributed by atoms with E-state index >= 15 is 0 Å². The number of nitrogens with one attached hydrogen (secondary N) is 1. The molecule has 3 heterocycles. The van der Waals surface area contributed by atoms with Gasteiger partial charge in [-0.15, -0.1) is 11.8 Å². The molecule has 1 saturated carbocycles. The van der Waals surface area contributed by atoms with E-state index in [1.807, 2.05) is 0 Å². The van der Waals surface area contributed by atoms with Gasteiger partial charge in [0.25, 0.3) is 11.5 Å². The van der Waals surface area contributed by atoms with Gasteiger partial charge < -0.3 is 10.6 Å². The van der Waals surface area contributed by atoms with E-state index in [-0.39, 0.29) is 27.1 Å². The number of nitrogens with zero attached hydrogens (tertiary/aromatic N) is 5. The van der Waals surface area contributed by atoms with Crippen molar-refractivity contribution in [3.63, 3.8) is 0 Å². The lowest BCUT2D eigenvalue weighted by Crippen LogP contribution is -2.27. The standard InChI is InChI=1S/C12H13N7O4S2/c13-18-16-11-14-8-7(9(20)15-11)25-12(21)19(8)5-3-24-10(23-5)6(17-22)4-1-2-4/h4-6,10H,1-3H2,(H3,13,14,15,16,20)/t5?,6?,10-/m0/s1. The van der Waals surface area contributed by atoms with Crippen LogP contribution in [0.2, 0.25) is 0 Å². The number of rotatable bonds is 5. The lowest BCUT2D eigenvalue weighted by molar-refractivity contribution is 0.00738. The molecule has 0 amide bonds. The number of H-pyrrole nitrogens is 1. The van der Waals surface area contributed by atoms with E-state index in [4.69, 9.17) is 10.6 Å². The maximum atomic E-state index is 12.4. The molecule has 1 aliphatic carbocycles. The van der Waals surface area contributed by atoms with E-state index in [2.05, 4.69) is 25.5 Å². The van der Waals surface area contributed by atoms with E-state index in [1.165, 1.54) is 16.3 Å². The summed E-state index contributed by atoms with van der Waals surface area (Å²) < 4.78 is 7.38. The average Bonchev–Trinajstić information content (AvgIpc) is 3.20. The molecule has 0 bridgehead atoms. The number of nitroso groups, excluding NO2 is 1. The van der Waals surface area contributed by atoms with Gasteiger partial charge in [-0.1, -0.05) is 26.9 Å². The Hall–Kier alpha value is -2.12. The third-order valence-corrected chi connectivity index (χ3v) is 6.24. The Labute approximate surface area is 147 Å².